The molecular weight excluding hydrogens is 216 g/mol. The summed E-state index contributed by atoms with van der Waals surface area (Å²) in [5.41, 5.74) is 2.19. The van der Waals surface area contributed by atoms with E-state index in [0.29, 0.717) is 11.3 Å². The third kappa shape index (κ3) is 3.22. The lowest BCUT2D eigenvalue weighted by Gasteiger charge is -2.11. The number of hydrogen-bond acceptors (Lipinski definition) is 3. The monoisotopic (exact) mass is 236 g/mol. The van der Waals surface area contributed by atoms with Crippen LogP contribution in [0.1, 0.15) is 48.2 Å². The molecule has 0 heterocycles. The fraction of sp³-hybridized carbons (Fsp3) is 0.500. The topological polar surface area (TPSA) is 46.5 Å². The Balaban J connectivity index is 3.20. The number of benzene rings is 1. The average Bonchev–Trinajstić information content (AvgIpc) is 2.33. The molecule has 1 rings (SSSR count). The van der Waals surface area contributed by atoms with Gasteiger partial charge in [-0.15, -0.1) is 0 Å². The van der Waals surface area contributed by atoms with E-state index in [4.69, 9.17) is 4.74 Å². The van der Waals surface area contributed by atoms with Gasteiger partial charge < -0.3 is 9.84 Å². The Labute approximate surface area is 102 Å². The molecule has 0 aliphatic carbocycles. The van der Waals surface area contributed by atoms with Crippen molar-refractivity contribution in [1.82, 2.24) is 0 Å². The van der Waals surface area contributed by atoms with Crippen LogP contribution in [0.2, 0.25) is 0 Å². The lowest BCUT2D eigenvalue weighted by atomic mass is 9.98. The first-order valence-corrected chi connectivity index (χ1v) is 6.07. The van der Waals surface area contributed by atoms with Gasteiger partial charge in [0.05, 0.1) is 12.7 Å². The Hall–Kier alpha value is -1.51. The second-order valence-electron chi connectivity index (χ2n) is 4.13. The number of carbonyl (C=O) groups is 1. The number of rotatable bonds is 5. The van der Waals surface area contributed by atoms with Crippen molar-refractivity contribution in [3.8, 4) is 5.75 Å². The summed E-state index contributed by atoms with van der Waals surface area (Å²) < 4.78 is 4.72. The van der Waals surface area contributed by atoms with E-state index < -0.39 is 0 Å². The Morgan fingerprint density at radius 3 is 2.00 bits per heavy atom. The minimum absolute atomic E-state index is 0.335. The lowest BCUT2D eigenvalue weighted by Crippen LogP contribution is -2.04. The van der Waals surface area contributed by atoms with Gasteiger partial charge in [-0.1, -0.05) is 26.7 Å². The van der Waals surface area contributed by atoms with Crippen LogP contribution in [0.3, 0.4) is 0 Å². The highest BCUT2D eigenvalue weighted by atomic mass is 16.5. The largest absolute Gasteiger partial charge is 0.507 e. The highest BCUT2D eigenvalue weighted by molar-refractivity contribution is 5.90. The smallest absolute Gasteiger partial charge is 0.337 e. The molecule has 0 aromatic heterocycles. The van der Waals surface area contributed by atoms with Crippen molar-refractivity contribution in [1.29, 1.82) is 0 Å². The molecule has 1 N–H and O–H groups in total. The Kier molecular flexibility index (Phi) is 5.01. The van der Waals surface area contributed by atoms with Crippen LogP contribution >= 0.6 is 0 Å². The number of ether oxygens (including phenoxy) is 1. The van der Waals surface area contributed by atoms with Crippen molar-refractivity contribution in [2.24, 2.45) is 0 Å². The fourth-order valence-corrected chi connectivity index (χ4v) is 1.92. The maximum atomic E-state index is 11.5. The molecule has 0 saturated carbocycles. The zero-order valence-corrected chi connectivity index (χ0v) is 10.7. The molecule has 3 nitrogen and oxygen atoms in total. The molecule has 0 atom stereocenters. The van der Waals surface area contributed by atoms with Crippen LogP contribution in [0.25, 0.3) is 0 Å². The molecule has 0 radical (unpaired) electrons. The van der Waals surface area contributed by atoms with Gasteiger partial charge in [-0.3, -0.25) is 0 Å². The number of phenolic OH excluding ortho intramolecular Hbond substituents is 1. The number of esters is 1. The third-order valence-electron chi connectivity index (χ3n) is 2.73. The average molecular weight is 236 g/mol. The van der Waals surface area contributed by atoms with E-state index in [-0.39, 0.29) is 5.97 Å². The molecule has 1 aromatic carbocycles. The maximum absolute atomic E-state index is 11.5. The van der Waals surface area contributed by atoms with Gasteiger partial charge in [0.25, 0.3) is 0 Å². The van der Waals surface area contributed by atoms with E-state index >= 15 is 0 Å². The molecule has 1 aromatic rings. The van der Waals surface area contributed by atoms with Crippen LogP contribution in [-0.4, -0.2) is 18.2 Å². The first-order valence-electron chi connectivity index (χ1n) is 6.07. The van der Waals surface area contributed by atoms with E-state index in [1.807, 2.05) is 13.8 Å². The van der Waals surface area contributed by atoms with Gasteiger partial charge in [-0.05, 0) is 36.1 Å². The Bertz CT molecular complexity index is 369. The zero-order valence-electron chi connectivity index (χ0n) is 10.7. The minimum atomic E-state index is -0.347. The fourth-order valence-electron chi connectivity index (χ4n) is 1.92. The number of aryl methyl sites for hydroxylation is 2. The molecule has 0 bridgehead atoms. The highest BCUT2D eigenvalue weighted by Gasteiger charge is 2.13. The first kappa shape index (κ1) is 13.6. The van der Waals surface area contributed by atoms with Crippen molar-refractivity contribution >= 4 is 5.97 Å². The normalized spacial score (nSPS) is 10.3. The second-order valence-corrected chi connectivity index (χ2v) is 4.13. The number of hydrogen-bond donors (Lipinski definition) is 1. The van der Waals surface area contributed by atoms with Gasteiger partial charge in [-0.25, -0.2) is 4.79 Å². The molecular formula is C14H20O3. The summed E-state index contributed by atoms with van der Waals surface area (Å²) in [5.74, 6) is -0.0129. The van der Waals surface area contributed by atoms with Crippen LogP contribution in [0.4, 0.5) is 0 Å². The van der Waals surface area contributed by atoms with Gasteiger partial charge in [-0.2, -0.15) is 0 Å². The van der Waals surface area contributed by atoms with E-state index in [2.05, 4.69) is 0 Å². The van der Waals surface area contributed by atoms with Crippen LogP contribution in [0.5, 0.6) is 5.75 Å². The summed E-state index contributed by atoms with van der Waals surface area (Å²) in [7, 11) is 1.37. The summed E-state index contributed by atoms with van der Waals surface area (Å²) in [4.78, 5) is 11.5. The highest BCUT2D eigenvalue weighted by Crippen LogP contribution is 2.27. The van der Waals surface area contributed by atoms with Crippen molar-refractivity contribution in [2.45, 2.75) is 39.5 Å². The predicted molar refractivity (Wildman–Crippen MR) is 67.4 cm³/mol. The molecule has 17 heavy (non-hydrogen) atoms. The third-order valence-corrected chi connectivity index (χ3v) is 2.73. The lowest BCUT2D eigenvalue weighted by molar-refractivity contribution is 0.0600. The molecule has 0 fully saturated rings. The van der Waals surface area contributed by atoms with E-state index in [1.165, 1.54) is 7.11 Å². The van der Waals surface area contributed by atoms with Crippen LogP contribution in [0.15, 0.2) is 12.1 Å². The van der Waals surface area contributed by atoms with Crippen molar-refractivity contribution in [3.63, 3.8) is 0 Å². The van der Waals surface area contributed by atoms with Gasteiger partial charge in [0.1, 0.15) is 5.75 Å². The van der Waals surface area contributed by atoms with E-state index in [9.17, 15) is 9.90 Å². The van der Waals surface area contributed by atoms with Gasteiger partial charge in [0.15, 0.2) is 0 Å². The Morgan fingerprint density at radius 2 is 1.65 bits per heavy atom. The van der Waals surface area contributed by atoms with E-state index in [1.54, 1.807) is 12.1 Å². The molecule has 0 spiro atoms. The van der Waals surface area contributed by atoms with Gasteiger partial charge in [0, 0.05) is 0 Å². The quantitative estimate of drug-likeness (QED) is 0.799. The molecule has 94 valence electrons. The standard InChI is InChI=1S/C14H20O3/c1-4-6-10-8-12(14(16)17-3)9-11(7-5-2)13(10)15/h8-9,15H,4-7H2,1-3H3. The SMILES string of the molecule is CCCc1cc(C(=O)OC)cc(CCC)c1O. The van der Waals surface area contributed by atoms with Crippen molar-refractivity contribution < 1.29 is 14.6 Å². The predicted octanol–water partition coefficient (Wildman–Crippen LogP) is 3.08. The summed E-state index contributed by atoms with van der Waals surface area (Å²) in [5, 5.41) is 10.1. The number of carbonyl (C=O) groups excluding carboxylic acids is 1. The minimum Gasteiger partial charge on any atom is -0.507 e. The van der Waals surface area contributed by atoms with Crippen LogP contribution in [-0.2, 0) is 17.6 Å². The summed E-state index contributed by atoms with van der Waals surface area (Å²) in [6, 6.07) is 3.45. The summed E-state index contributed by atoms with van der Waals surface area (Å²) in [6.07, 6.45) is 3.41. The number of phenols is 1. The summed E-state index contributed by atoms with van der Waals surface area (Å²) in [6.45, 7) is 4.09. The van der Waals surface area contributed by atoms with Crippen molar-refractivity contribution in [2.75, 3.05) is 7.11 Å². The molecule has 0 aliphatic rings. The van der Waals surface area contributed by atoms with Crippen LogP contribution < -0.4 is 0 Å². The molecule has 0 saturated heterocycles. The van der Waals surface area contributed by atoms with Crippen molar-refractivity contribution in [3.05, 3.63) is 28.8 Å². The summed E-state index contributed by atoms with van der Waals surface area (Å²) >= 11 is 0. The number of aromatic hydroxyl groups is 1. The second kappa shape index (κ2) is 6.28. The molecule has 0 amide bonds. The maximum Gasteiger partial charge on any atom is 0.337 e. The van der Waals surface area contributed by atoms with E-state index in [0.717, 1.165) is 36.8 Å². The van der Waals surface area contributed by atoms with Crippen LogP contribution in [0, 0.1) is 0 Å². The van der Waals surface area contributed by atoms with Gasteiger partial charge in [0.2, 0.25) is 0 Å². The molecule has 3 heteroatoms. The zero-order chi connectivity index (χ0) is 12.8. The Morgan fingerprint density at radius 1 is 1.18 bits per heavy atom. The molecule has 0 unspecified atom stereocenters. The van der Waals surface area contributed by atoms with Gasteiger partial charge >= 0.3 is 5.97 Å². The number of methoxy groups -OCH3 is 1. The molecule has 0 aliphatic heterocycles. The first-order chi connectivity index (χ1) is 8.13.